The number of sulfone groups is 2. The number of hydrogen-bond donors (Lipinski definition) is 0. The number of rotatable bonds is 6. The van der Waals surface area contributed by atoms with Crippen LogP contribution in [0.2, 0.25) is 0 Å². The Morgan fingerprint density at radius 3 is 1.63 bits per heavy atom. The summed E-state index contributed by atoms with van der Waals surface area (Å²) in [4.78, 5) is 11.2. The minimum atomic E-state index is -4.23. The maximum Gasteiger partial charge on any atom is 0.207 e. The summed E-state index contributed by atoms with van der Waals surface area (Å²) in [5, 5.41) is 11.7. The van der Waals surface area contributed by atoms with Crippen molar-refractivity contribution in [2.45, 2.75) is 33.4 Å². The number of carbonyl (C=O) groups excluding carboxylic acids is 1. The lowest BCUT2D eigenvalue weighted by Crippen LogP contribution is -2.23. The fourth-order valence-electron chi connectivity index (χ4n) is 3.71. The predicted octanol–water partition coefficient (Wildman–Crippen LogP) is 4.00. The molecule has 0 saturated heterocycles. The van der Waals surface area contributed by atoms with E-state index in [-0.39, 0.29) is 36.3 Å². The molecule has 8 heteroatoms. The molecule has 4 rings (SSSR count). The second kappa shape index (κ2) is 9.13. The first-order chi connectivity index (χ1) is 16.5. The normalized spacial score (nSPS) is 11.8. The van der Waals surface area contributed by atoms with E-state index in [0.717, 1.165) is 17.2 Å². The van der Waals surface area contributed by atoms with Gasteiger partial charge in [0.15, 0.2) is 0 Å². The topological polar surface area (TPSA) is 108 Å². The zero-order valence-electron chi connectivity index (χ0n) is 18.9. The molecular weight excluding hydrogens is 484 g/mol. The molecule has 0 heterocycles. The van der Waals surface area contributed by atoms with Crippen LogP contribution in [0.25, 0.3) is 11.1 Å². The Kier molecular flexibility index (Phi) is 6.36. The average molecular weight is 506 g/mol. The Morgan fingerprint density at radius 2 is 1.09 bits per heavy atom. The van der Waals surface area contributed by atoms with Gasteiger partial charge in [0.1, 0.15) is 0 Å². The van der Waals surface area contributed by atoms with Gasteiger partial charge in [-0.3, -0.25) is 0 Å². The number of carboxylic acid groups (broad SMARTS) is 1. The Bertz CT molecular complexity index is 1640. The standard InChI is InChI=1S/C27H22O6S2/c1-18-7-11-20(12-8-18)34(30,31)22-15-16-24(23-5-3-4-6-25(23)27(28)29)26(17-22)35(32,33)21-13-9-19(2)10-14-21/h3-17H,1-2H3,(H,28,29)/p-1. The highest BCUT2D eigenvalue weighted by Crippen LogP contribution is 2.36. The van der Waals surface area contributed by atoms with Crippen molar-refractivity contribution in [2.24, 2.45) is 0 Å². The van der Waals surface area contributed by atoms with E-state index in [2.05, 4.69) is 0 Å². The minimum Gasteiger partial charge on any atom is -0.545 e. The molecule has 35 heavy (non-hydrogen) atoms. The van der Waals surface area contributed by atoms with Crippen LogP contribution in [0.1, 0.15) is 21.5 Å². The molecule has 0 atom stereocenters. The second-order valence-electron chi connectivity index (χ2n) is 8.12. The molecule has 0 N–H and O–H groups in total. The van der Waals surface area contributed by atoms with Crippen LogP contribution in [0.15, 0.2) is 111 Å². The van der Waals surface area contributed by atoms with Crippen molar-refractivity contribution in [1.82, 2.24) is 0 Å². The van der Waals surface area contributed by atoms with Crippen LogP contribution in [0.3, 0.4) is 0 Å². The molecule has 0 fully saturated rings. The fourth-order valence-corrected chi connectivity index (χ4v) is 6.57. The molecule has 178 valence electrons. The molecule has 0 amide bonds. The summed E-state index contributed by atoms with van der Waals surface area (Å²) in [5.74, 6) is -1.48. The van der Waals surface area contributed by atoms with Gasteiger partial charge in [0, 0.05) is 11.1 Å². The summed E-state index contributed by atoms with van der Waals surface area (Å²) in [5.41, 5.74) is 1.69. The van der Waals surface area contributed by atoms with E-state index in [1.54, 1.807) is 30.3 Å². The van der Waals surface area contributed by atoms with Crippen LogP contribution < -0.4 is 5.11 Å². The first-order valence-corrected chi connectivity index (χ1v) is 13.6. The Labute approximate surface area is 204 Å². The van der Waals surface area contributed by atoms with Gasteiger partial charge in [-0.25, -0.2) is 16.8 Å². The van der Waals surface area contributed by atoms with E-state index in [1.807, 2.05) is 13.8 Å². The fraction of sp³-hybridized carbons (Fsp3) is 0.0741. The summed E-state index contributed by atoms with van der Waals surface area (Å²) in [7, 11) is -8.27. The quantitative estimate of drug-likeness (QED) is 0.392. The number of aryl methyl sites for hydroxylation is 2. The van der Waals surface area contributed by atoms with Crippen LogP contribution in [0.5, 0.6) is 0 Å². The third kappa shape index (κ3) is 4.62. The van der Waals surface area contributed by atoms with Gasteiger partial charge in [0.05, 0.1) is 25.6 Å². The Balaban J connectivity index is 2.01. The van der Waals surface area contributed by atoms with Gasteiger partial charge in [-0.1, -0.05) is 65.7 Å². The maximum atomic E-state index is 13.7. The molecule has 4 aromatic rings. The summed E-state index contributed by atoms with van der Waals surface area (Å²) in [6, 6.07) is 21.9. The van der Waals surface area contributed by atoms with Gasteiger partial charge in [0.25, 0.3) is 0 Å². The maximum absolute atomic E-state index is 13.7. The van der Waals surface area contributed by atoms with E-state index in [0.29, 0.717) is 0 Å². The van der Waals surface area contributed by atoms with Crippen molar-refractivity contribution in [3.63, 3.8) is 0 Å². The molecule has 0 radical (unpaired) electrons. The molecule has 0 bridgehead atoms. The largest absolute Gasteiger partial charge is 0.545 e. The van der Waals surface area contributed by atoms with Crippen molar-refractivity contribution in [1.29, 1.82) is 0 Å². The van der Waals surface area contributed by atoms with Crippen LogP contribution in [0, 0.1) is 13.8 Å². The average Bonchev–Trinajstić information content (AvgIpc) is 2.84. The van der Waals surface area contributed by atoms with E-state index < -0.39 is 25.6 Å². The SMILES string of the molecule is Cc1ccc(S(=O)(=O)c2ccc(-c3ccccc3C(=O)[O-])c(S(=O)(=O)c3ccc(C)cc3)c2)cc1. The van der Waals surface area contributed by atoms with Crippen LogP contribution in [-0.4, -0.2) is 22.8 Å². The van der Waals surface area contributed by atoms with Crippen molar-refractivity contribution in [3.8, 4) is 11.1 Å². The molecule has 0 saturated carbocycles. The van der Waals surface area contributed by atoms with E-state index in [4.69, 9.17) is 0 Å². The minimum absolute atomic E-state index is 0.0182. The van der Waals surface area contributed by atoms with Gasteiger partial charge in [-0.05, 0) is 55.8 Å². The van der Waals surface area contributed by atoms with Crippen LogP contribution in [0.4, 0.5) is 0 Å². The molecule has 0 spiro atoms. The number of aromatic carboxylic acids is 1. The number of carboxylic acids is 1. The molecular formula is C27H21O6S2-. The number of carbonyl (C=O) groups is 1. The van der Waals surface area contributed by atoms with Gasteiger partial charge < -0.3 is 9.90 Å². The smallest absolute Gasteiger partial charge is 0.207 e. The number of hydrogen-bond acceptors (Lipinski definition) is 6. The molecule has 0 aliphatic carbocycles. The van der Waals surface area contributed by atoms with Gasteiger partial charge in [-0.2, -0.15) is 0 Å². The molecule has 4 aromatic carbocycles. The molecule has 0 aliphatic heterocycles. The lowest BCUT2D eigenvalue weighted by Gasteiger charge is -2.17. The summed E-state index contributed by atoms with van der Waals surface area (Å²) in [6.07, 6.45) is 0. The highest BCUT2D eigenvalue weighted by molar-refractivity contribution is 7.92. The lowest BCUT2D eigenvalue weighted by molar-refractivity contribution is -0.254. The molecule has 0 unspecified atom stereocenters. The first-order valence-electron chi connectivity index (χ1n) is 10.6. The van der Waals surface area contributed by atoms with Crippen LogP contribution in [-0.2, 0) is 19.7 Å². The highest BCUT2D eigenvalue weighted by Gasteiger charge is 2.27. The third-order valence-corrected chi connectivity index (χ3v) is 9.23. The monoisotopic (exact) mass is 505 g/mol. The van der Waals surface area contributed by atoms with Crippen molar-refractivity contribution < 1.29 is 26.7 Å². The predicted molar refractivity (Wildman–Crippen MR) is 129 cm³/mol. The second-order valence-corrected chi connectivity index (χ2v) is 12.0. The van der Waals surface area contributed by atoms with Crippen LogP contribution >= 0.6 is 0 Å². The van der Waals surface area contributed by atoms with Crippen molar-refractivity contribution >= 4 is 25.6 Å². The third-order valence-electron chi connectivity index (χ3n) is 5.65. The van der Waals surface area contributed by atoms with Gasteiger partial charge in [-0.15, -0.1) is 0 Å². The Hall–Kier alpha value is -3.75. The highest BCUT2D eigenvalue weighted by atomic mass is 32.2. The zero-order valence-corrected chi connectivity index (χ0v) is 20.6. The van der Waals surface area contributed by atoms with E-state index in [9.17, 15) is 26.7 Å². The Morgan fingerprint density at radius 1 is 0.600 bits per heavy atom. The molecule has 0 aromatic heterocycles. The summed E-state index contributed by atoms with van der Waals surface area (Å²) >= 11 is 0. The van der Waals surface area contributed by atoms with Gasteiger partial charge >= 0.3 is 0 Å². The molecule has 6 nitrogen and oxygen atoms in total. The first kappa shape index (κ1) is 24.4. The summed E-state index contributed by atoms with van der Waals surface area (Å²) < 4.78 is 54.1. The number of benzene rings is 4. The van der Waals surface area contributed by atoms with Crippen molar-refractivity contribution in [3.05, 3.63) is 108 Å². The van der Waals surface area contributed by atoms with E-state index >= 15 is 0 Å². The van der Waals surface area contributed by atoms with E-state index in [1.165, 1.54) is 54.6 Å². The zero-order chi connectivity index (χ0) is 25.4. The van der Waals surface area contributed by atoms with Gasteiger partial charge in [0.2, 0.25) is 19.7 Å². The lowest BCUT2D eigenvalue weighted by atomic mass is 10.00. The summed E-state index contributed by atoms with van der Waals surface area (Å²) in [6.45, 7) is 3.64. The van der Waals surface area contributed by atoms with Crippen molar-refractivity contribution in [2.75, 3.05) is 0 Å². The molecule has 0 aliphatic rings.